The molecule has 4 aromatic rings. The smallest absolute Gasteiger partial charge is 0.415 e. The minimum absolute atomic E-state index is 0.0898. The van der Waals surface area contributed by atoms with E-state index in [0.29, 0.717) is 28.0 Å². The summed E-state index contributed by atoms with van der Waals surface area (Å²) in [5, 5.41) is 30.0. The quantitative estimate of drug-likeness (QED) is 0.168. The molecule has 1 aliphatic heterocycles. The van der Waals surface area contributed by atoms with Crippen LogP contribution in [0.25, 0.3) is 22.3 Å². The SMILES string of the molecule is FC1(F)CC1.O=C(NCc1cc2nc(-c3ccc(OC(O)(O)O)cn3)ccc2cn1)c1cc(C(F)F)c2c(c1)S(=O)C(F)COC2. The van der Waals surface area contributed by atoms with E-state index in [2.05, 4.69) is 25.0 Å². The zero-order valence-corrected chi connectivity index (χ0v) is 24.3. The van der Waals surface area contributed by atoms with E-state index in [1.54, 1.807) is 18.2 Å². The lowest BCUT2D eigenvalue weighted by molar-refractivity contribution is -0.419. The molecule has 0 spiro atoms. The number of fused-ring (bicyclic) bond motifs is 2. The van der Waals surface area contributed by atoms with Gasteiger partial charge in [-0.1, -0.05) is 0 Å². The molecule has 0 saturated heterocycles. The molecule has 1 aromatic carbocycles. The number of alkyl halides is 5. The van der Waals surface area contributed by atoms with Gasteiger partial charge in [0, 0.05) is 46.0 Å². The lowest BCUT2D eigenvalue weighted by atomic mass is 10.0. The molecular weight excluding hydrogens is 643 g/mol. The molecule has 2 atom stereocenters. The maximum atomic E-state index is 14.1. The molecule has 1 saturated carbocycles. The van der Waals surface area contributed by atoms with Gasteiger partial charge in [0.15, 0.2) is 0 Å². The Morgan fingerprint density at radius 1 is 1.09 bits per heavy atom. The number of hydrogen-bond acceptors (Lipinski definition) is 10. The van der Waals surface area contributed by atoms with E-state index in [0.717, 1.165) is 18.3 Å². The molecule has 3 aromatic heterocycles. The van der Waals surface area contributed by atoms with Crippen LogP contribution in [0.2, 0.25) is 0 Å². The standard InChI is InChI=1S/C26H21F3N4O7S.C3H4F2/c27-23-12-39-11-18-17(24(28)29)5-14(6-22(18)41(23)38)25(34)32-9-15-7-21-13(8-30-15)1-3-20(33-21)19-4-2-16(10-31-19)40-26(35,36)37;4-3(5)1-2-3/h1-8,10,23-24,35-37H,9,11-12H2,(H,32,34);1-2H2. The van der Waals surface area contributed by atoms with Crippen molar-refractivity contribution in [1.82, 2.24) is 20.3 Å². The van der Waals surface area contributed by atoms with Gasteiger partial charge in [-0.2, -0.15) is 0 Å². The Labute approximate surface area is 259 Å². The lowest BCUT2D eigenvalue weighted by Crippen LogP contribution is -2.34. The molecule has 1 fully saturated rings. The predicted octanol–water partition coefficient (Wildman–Crippen LogP) is 3.88. The van der Waals surface area contributed by atoms with Gasteiger partial charge in [-0.15, -0.1) is 0 Å². The monoisotopic (exact) mass is 668 g/mol. The Bertz CT molecular complexity index is 1770. The van der Waals surface area contributed by atoms with Crippen LogP contribution in [0.1, 0.15) is 46.4 Å². The topological polar surface area (TPSA) is 164 Å². The van der Waals surface area contributed by atoms with Crippen molar-refractivity contribution in [3.8, 4) is 17.1 Å². The third kappa shape index (κ3) is 8.35. The number of carbonyl (C=O) groups excluding carboxylic acids is 1. The maximum Gasteiger partial charge on any atom is 0.453 e. The van der Waals surface area contributed by atoms with Gasteiger partial charge in [0.2, 0.25) is 11.4 Å². The van der Waals surface area contributed by atoms with E-state index in [4.69, 9.17) is 20.1 Å². The highest BCUT2D eigenvalue weighted by Crippen LogP contribution is 2.40. The highest BCUT2D eigenvalue weighted by Gasteiger charge is 2.43. The van der Waals surface area contributed by atoms with E-state index in [1.165, 1.54) is 18.3 Å². The Morgan fingerprint density at radius 3 is 2.43 bits per heavy atom. The van der Waals surface area contributed by atoms with Gasteiger partial charge in [-0.3, -0.25) is 19.0 Å². The Kier molecular flexibility index (Phi) is 9.59. The molecule has 17 heteroatoms. The van der Waals surface area contributed by atoms with Gasteiger partial charge in [0.25, 0.3) is 12.3 Å². The molecule has 6 rings (SSSR count). The number of carbonyl (C=O) groups is 1. The van der Waals surface area contributed by atoms with E-state index >= 15 is 0 Å². The number of nitrogens with zero attached hydrogens (tertiary/aromatic N) is 3. The molecule has 0 bridgehead atoms. The summed E-state index contributed by atoms with van der Waals surface area (Å²) in [4.78, 5) is 25.6. The van der Waals surface area contributed by atoms with Crippen molar-refractivity contribution < 1.29 is 55.7 Å². The Hall–Kier alpha value is -4.16. The van der Waals surface area contributed by atoms with Crippen molar-refractivity contribution in [2.24, 2.45) is 0 Å². The summed E-state index contributed by atoms with van der Waals surface area (Å²) in [7, 11) is -2.28. The average molecular weight is 669 g/mol. The summed E-state index contributed by atoms with van der Waals surface area (Å²) in [6.45, 7) is -0.959. The highest BCUT2D eigenvalue weighted by atomic mass is 32.2. The lowest BCUT2D eigenvalue weighted by Gasteiger charge is -2.15. The first-order chi connectivity index (χ1) is 21.7. The molecule has 4 N–H and O–H groups in total. The normalized spacial score (nSPS) is 18.6. The third-order valence-electron chi connectivity index (χ3n) is 6.63. The first-order valence-electron chi connectivity index (χ1n) is 13.5. The molecule has 0 radical (unpaired) electrons. The molecule has 11 nitrogen and oxygen atoms in total. The number of pyridine rings is 3. The molecule has 2 aliphatic rings. The van der Waals surface area contributed by atoms with Crippen molar-refractivity contribution in [3.05, 3.63) is 77.2 Å². The number of halogens is 5. The van der Waals surface area contributed by atoms with Crippen molar-refractivity contribution in [2.75, 3.05) is 6.61 Å². The Morgan fingerprint density at radius 2 is 1.80 bits per heavy atom. The van der Waals surface area contributed by atoms with E-state index < -0.39 is 52.9 Å². The van der Waals surface area contributed by atoms with Gasteiger partial charge in [-0.05, 0) is 42.5 Å². The number of benzene rings is 1. The molecule has 4 heterocycles. The highest BCUT2D eigenvalue weighted by molar-refractivity contribution is 7.85. The average Bonchev–Trinajstić information content (AvgIpc) is 3.74. The molecule has 2 unspecified atom stereocenters. The number of ether oxygens (including phenoxy) is 2. The van der Waals surface area contributed by atoms with Gasteiger partial charge in [-0.25, -0.2) is 26.9 Å². The maximum absolute atomic E-state index is 14.1. The van der Waals surface area contributed by atoms with Crippen LogP contribution >= 0.6 is 0 Å². The van der Waals surface area contributed by atoms with Gasteiger partial charge < -0.3 is 30.1 Å². The molecule has 1 amide bonds. The van der Waals surface area contributed by atoms with Crippen LogP contribution in [-0.2, 0) is 28.7 Å². The van der Waals surface area contributed by atoms with E-state index in [-0.39, 0.29) is 47.8 Å². The first-order valence-corrected chi connectivity index (χ1v) is 14.7. The van der Waals surface area contributed by atoms with Crippen LogP contribution < -0.4 is 10.1 Å². The fraction of sp³-hybridized carbons (Fsp3) is 0.310. The summed E-state index contributed by atoms with van der Waals surface area (Å²) < 4.78 is 85.9. The van der Waals surface area contributed by atoms with E-state index in [9.17, 15) is 31.0 Å². The number of rotatable bonds is 7. The number of aromatic nitrogens is 3. The van der Waals surface area contributed by atoms with Crippen molar-refractivity contribution in [2.45, 2.75) is 54.9 Å². The largest absolute Gasteiger partial charge is 0.453 e. The van der Waals surface area contributed by atoms with Crippen LogP contribution in [0.15, 0.2) is 59.8 Å². The second kappa shape index (κ2) is 13.3. The summed E-state index contributed by atoms with van der Waals surface area (Å²) in [6.07, 6.45) is -3.42. The summed E-state index contributed by atoms with van der Waals surface area (Å²) in [6, 6.07) is 9.97. The van der Waals surface area contributed by atoms with Crippen LogP contribution in [0.5, 0.6) is 5.75 Å². The molecular formula is C29H25F5N4O7S. The zero-order chi connectivity index (χ0) is 33.2. The number of aliphatic hydroxyl groups is 3. The zero-order valence-electron chi connectivity index (χ0n) is 23.5. The van der Waals surface area contributed by atoms with Crippen LogP contribution in [-0.4, -0.2) is 64.6 Å². The summed E-state index contributed by atoms with van der Waals surface area (Å²) in [5.41, 5.74) is -1.02. The number of amides is 1. The van der Waals surface area contributed by atoms with Crippen LogP contribution in [0.3, 0.4) is 0 Å². The van der Waals surface area contributed by atoms with Gasteiger partial charge in [0.05, 0.1) is 59.4 Å². The number of nitrogens with one attached hydrogen (secondary N) is 1. The first kappa shape index (κ1) is 33.2. The molecule has 46 heavy (non-hydrogen) atoms. The minimum atomic E-state index is -3.35. The van der Waals surface area contributed by atoms with Crippen molar-refractivity contribution in [1.29, 1.82) is 0 Å². The van der Waals surface area contributed by atoms with Crippen molar-refractivity contribution >= 4 is 27.6 Å². The summed E-state index contributed by atoms with van der Waals surface area (Å²) in [5.74, 6) is -3.11. The molecule has 244 valence electrons. The Balaban J connectivity index is 0.000000760. The fourth-order valence-corrected chi connectivity index (χ4v) is 5.35. The second-order valence-corrected chi connectivity index (χ2v) is 11.8. The van der Waals surface area contributed by atoms with Gasteiger partial charge in [0.1, 0.15) is 5.75 Å². The third-order valence-corrected chi connectivity index (χ3v) is 8.03. The second-order valence-electron chi connectivity index (χ2n) is 10.2. The minimum Gasteiger partial charge on any atom is -0.415 e. The summed E-state index contributed by atoms with van der Waals surface area (Å²) >= 11 is 0. The van der Waals surface area contributed by atoms with Gasteiger partial charge >= 0.3 is 6.16 Å². The van der Waals surface area contributed by atoms with E-state index in [1.807, 2.05) is 0 Å². The van der Waals surface area contributed by atoms with Crippen LogP contribution in [0.4, 0.5) is 22.0 Å². The van der Waals surface area contributed by atoms with Crippen LogP contribution in [0, 0.1) is 0 Å². The predicted molar refractivity (Wildman–Crippen MR) is 150 cm³/mol. The fourth-order valence-electron chi connectivity index (χ4n) is 4.19. The molecule has 1 aliphatic carbocycles. The number of hydrogen-bond donors (Lipinski definition) is 4. The van der Waals surface area contributed by atoms with Crippen molar-refractivity contribution in [3.63, 3.8) is 0 Å².